The van der Waals surface area contributed by atoms with Crippen molar-refractivity contribution in [3.63, 3.8) is 0 Å². The van der Waals surface area contributed by atoms with E-state index < -0.39 is 0 Å². The Morgan fingerprint density at radius 1 is 0.229 bits per heavy atom. The van der Waals surface area contributed by atoms with E-state index in [1.54, 1.807) is 0 Å². The van der Waals surface area contributed by atoms with Gasteiger partial charge in [0.25, 0.3) is 0 Å². The predicted octanol–water partition coefficient (Wildman–Crippen LogP) is 12.3. The molecule has 2 heteroatoms. The number of aromatic nitrogens is 2. The summed E-state index contributed by atoms with van der Waals surface area (Å²) < 4.78 is 0. The van der Waals surface area contributed by atoms with Crippen molar-refractivity contribution in [2.45, 2.75) is 0 Å². The minimum Gasteiger partial charge on any atom is -0.244 e. The number of hydrogen-bond acceptors (Lipinski definition) is 2. The molecular formula is C46H30N2. The molecule has 0 unspecified atom stereocenters. The summed E-state index contributed by atoms with van der Waals surface area (Å²) in [5.41, 5.74) is 12.6. The summed E-state index contributed by atoms with van der Waals surface area (Å²) in [5, 5.41) is 4.95. The second-order valence-electron chi connectivity index (χ2n) is 12.3. The van der Waals surface area contributed by atoms with E-state index in [0.717, 1.165) is 44.7 Å². The molecule has 9 rings (SSSR count). The van der Waals surface area contributed by atoms with Crippen LogP contribution in [0.3, 0.4) is 0 Å². The molecule has 0 radical (unpaired) electrons. The van der Waals surface area contributed by atoms with Gasteiger partial charge in [0.2, 0.25) is 0 Å². The summed E-state index contributed by atoms with van der Waals surface area (Å²) >= 11 is 0. The third kappa shape index (κ3) is 5.20. The quantitative estimate of drug-likeness (QED) is 0.194. The fourth-order valence-corrected chi connectivity index (χ4v) is 6.69. The summed E-state index contributed by atoms with van der Waals surface area (Å²) in [7, 11) is 0. The normalized spacial score (nSPS) is 11.3. The van der Waals surface area contributed by atoms with Crippen molar-refractivity contribution in [1.82, 2.24) is 9.97 Å². The van der Waals surface area contributed by atoms with E-state index in [0.29, 0.717) is 0 Å². The van der Waals surface area contributed by atoms with E-state index in [1.807, 2.05) is 12.1 Å². The second kappa shape index (κ2) is 11.8. The Bertz CT molecular complexity index is 2510. The zero-order chi connectivity index (χ0) is 31.9. The van der Waals surface area contributed by atoms with Gasteiger partial charge < -0.3 is 0 Å². The van der Waals surface area contributed by atoms with Crippen LogP contribution in [0.1, 0.15) is 0 Å². The average molecular weight is 611 g/mol. The molecule has 0 amide bonds. The molecule has 0 N–H and O–H groups in total. The van der Waals surface area contributed by atoms with Crippen LogP contribution in [0.15, 0.2) is 182 Å². The molecule has 48 heavy (non-hydrogen) atoms. The van der Waals surface area contributed by atoms with Crippen LogP contribution < -0.4 is 0 Å². The van der Waals surface area contributed by atoms with Crippen LogP contribution in [0, 0.1) is 0 Å². The van der Waals surface area contributed by atoms with E-state index >= 15 is 0 Å². The lowest BCUT2D eigenvalue weighted by molar-refractivity contribution is 1.29. The van der Waals surface area contributed by atoms with Crippen LogP contribution in [-0.2, 0) is 0 Å². The molecule has 0 saturated carbocycles. The van der Waals surface area contributed by atoms with Gasteiger partial charge in [0.1, 0.15) is 0 Å². The average Bonchev–Trinajstić information content (AvgIpc) is 3.17. The maximum absolute atomic E-state index is 5.27. The fraction of sp³-hybridized carbons (Fsp3) is 0. The van der Waals surface area contributed by atoms with Gasteiger partial charge >= 0.3 is 0 Å². The van der Waals surface area contributed by atoms with Gasteiger partial charge in [0.05, 0.1) is 22.4 Å². The molecule has 224 valence electrons. The second-order valence-corrected chi connectivity index (χ2v) is 12.3. The number of nitrogens with zero attached hydrogens (tertiary/aromatic N) is 2. The molecule has 9 aromatic rings. The first kappa shape index (κ1) is 27.9. The molecule has 1 aromatic heterocycles. The molecule has 0 saturated heterocycles. The van der Waals surface area contributed by atoms with Crippen molar-refractivity contribution < 1.29 is 0 Å². The predicted molar refractivity (Wildman–Crippen MR) is 202 cm³/mol. The molecule has 8 aromatic carbocycles. The van der Waals surface area contributed by atoms with Crippen LogP contribution in [0.5, 0.6) is 0 Å². The van der Waals surface area contributed by atoms with Crippen molar-refractivity contribution >= 4 is 32.6 Å². The Morgan fingerprint density at radius 2 is 0.625 bits per heavy atom. The monoisotopic (exact) mass is 610 g/mol. The Balaban J connectivity index is 1.23. The highest BCUT2D eigenvalue weighted by Crippen LogP contribution is 2.37. The van der Waals surface area contributed by atoms with E-state index in [-0.39, 0.29) is 0 Å². The van der Waals surface area contributed by atoms with Gasteiger partial charge in [-0.3, -0.25) is 0 Å². The van der Waals surface area contributed by atoms with Gasteiger partial charge in [-0.05, 0) is 97.4 Å². The molecule has 0 aliphatic rings. The van der Waals surface area contributed by atoms with Crippen molar-refractivity contribution in [3.05, 3.63) is 182 Å². The molecule has 0 spiro atoms. The zero-order valence-electron chi connectivity index (χ0n) is 26.2. The molecule has 0 aliphatic heterocycles. The third-order valence-electron chi connectivity index (χ3n) is 9.19. The standard InChI is InChI=1S/C46H30N2/c1-3-13-33(14-4-1)45-46(34-15-5-2-6-16-34)48-44-30-39(23-24-43(44)47-45)42-28-40(37-21-19-31-11-7-9-17-35(31)25-37)27-41(29-42)38-22-20-32-12-8-10-18-36(32)26-38/h1-30H. The zero-order valence-corrected chi connectivity index (χ0v) is 26.2. The van der Waals surface area contributed by atoms with Crippen molar-refractivity contribution in [2.75, 3.05) is 0 Å². The maximum Gasteiger partial charge on any atom is 0.0973 e. The highest BCUT2D eigenvalue weighted by molar-refractivity contribution is 5.93. The lowest BCUT2D eigenvalue weighted by Crippen LogP contribution is -1.96. The lowest BCUT2D eigenvalue weighted by atomic mass is 9.91. The first-order valence-corrected chi connectivity index (χ1v) is 16.3. The molecule has 0 atom stereocenters. The Labute approximate surface area is 279 Å². The number of rotatable bonds is 5. The summed E-state index contributed by atoms with van der Waals surface area (Å²) in [5.74, 6) is 0. The van der Waals surface area contributed by atoms with Crippen LogP contribution in [-0.4, -0.2) is 9.97 Å². The van der Waals surface area contributed by atoms with Crippen LogP contribution in [0.25, 0.3) is 88.5 Å². The van der Waals surface area contributed by atoms with Gasteiger partial charge in [-0.1, -0.05) is 140 Å². The van der Waals surface area contributed by atoms with Gasteiger partial charge in [-0.2, -0.15) is 0 Å². The van der Waals surface area contributed by atoms with Crippen molar-refractivity contribution in [3.8, 4) is 55.9 Å². The van der Waals surface area contributed by atoms with E-state index in [9.17, 15) is 0 Å². The maximum atomic E-state index is 5.27. The van der Waals surface area contributed by atoms with E-state index in [1.165, 1.54) is 43.8 Å². The van der Waals surface area contributed by atoms with Crippen LogP contribution in [0.4, 0.5) is 0 Å². The fourth-order valence-electron chi connectivity index (χ4n) is 6.69. The topological polar surface area (TPSA) is 25.8 Å². The largest absolute Gasteiger partial charge is 0.244 e. The van der Waals surface area contributed by atoms with Crippen molar-refractivity contribution in [1.29, 1.82) is 0 Å². The highest BCUT2D eigenvalue weighted by Gasteiger charge is 2.15. The molecule has 1 heterocycles. The Hall–Kier alpha value is -6.38. The molecule has 0 aliphatic carbocycles. The number of benzene rings is 8. The summed E-state index contributed by atoms with van der Waals surface area (Å²) in [4.78, 5) is 10.5. The molecule has 2 nitrogen and oxygen atoms in total. The Kier molecular flexibility index (Phi) is 6.84. The first-order chi connectivity index (χ1) is 23.7. The van der Waals surface area contributed by atoms with Gasteiger partial charge in [-0.15, -0.1) is 0 Å². The number of fused-ring (bicyclic) bond motifs is 3. The molecule has 0 bridgehead atoms. The molecule has 0 fully saturated rings. The lowest BCUT2D eigenvalue weighted by Gasteiger charge is -2.14. The van der Waals surface area contributed by atoms with Gasteiger partial charge in [0, 0.05) is 11.1 Å². The minimum absolute atomic E-state index is 0.870. The molecular weight excluding hydrogens is 581 g/mol. The summed E-state index contributed by atoms with van der Waals surface area (Å²) in [6.07, 6.45) is 0. The summed E-state index contributed by atoms with van der Waals surface area (Å²) in [6.45, 7) is 0. The third-order valence-corrected chi connectivity index (χ3v) is 9.19. The summed E-state index contributed by atoms with van der Waals surface area (Å²) in [6, 6.07) is 64.7. The van der Waals surface area contributed by atoms with E-state index in [2.05, 4.69) is 170 Å². The highest BCUT2D eigenvalue weighted by atomic mass is 14.8. The number of hydrogen-bond donors (Lipinski definition) is 0. The van der Waals surface area contributed by atoms with Crippen molar-refractivity contribution in [2.24, 2.45) is 0 Å². The van der Waals surface area contributed by atoms with Gasteiger partial charge in [-0.25, -0.2) is 9.97 Å². The van der Waals surface area contributed by atoms with Crippen LogP contribution in [0.2, 0.25) is 0 Å². The SMILES string of the molecule is c1ccc(-c2nc3ccc(-c4cc(-c5ccc6ccccc6c5)cc(-c5ccc6ccccc6c5)c4)cc3nc2-c2ccccc2)cc1. The van der Waals surface area contributed by atoms with Gasteiger partial charge in [0.15, 0.2) is 0 Å². The first-order valence-electron chi connectivity index (χ1n) is 16.3. The Morgan fingerprint density at radius 3 is 1.12 bits per heavy atom. The smallest absolute Gasteiger partial charge is 0.0973 e. The van der Waals surface area contributed by atoms with Crippen LogP contribution >= 0.6 is 0 Å². The van der Waals surface area contributed by atoms with E-state index in [4.69, 9.17) is 9.97 Å². The minimum atomic E-state index is 0.870.